The van der Waals surface area contributed by atoms with Gasteiger partial charge in [0.25, 0.3) is 0 Å². The zero-order valence-electron chi connectivity index (χ0n) is 13.2. The Morgan fingerprint density at radius 2 is 2.10 bits per heavy atom. The maximum absolute atomic E-state index is 12.5. The number of nitrogens with one attached hydrogen (secondary N) is 2. The predicted molar refractivity (Wildman–Crippen MR) is 84.0 cm³/mol. The van der Waals surface area contributed by atoms with Crippen LogP contribution in [0.1, 0.15) is 31.9 Å². The van der Waals surface area contributed by atoms with E-state index in [1.165, 1.54) is 11.1 Å². The first kappa shape index (κ1) is 16.0. The standard InChI is InChI=1S/C17H26N2O2/c1-4-21-11-16(12(2)3)19-17(20)15-9-13-7-5-6-8-14(13)10-18-15/h5-8,12,15-16,18H,4,9-11H2,1-3H3,(H,19,20). The summed E-state index contributed by atoms with van der Waals surface area (Å²) in [5.41, 5.74) is 2.55. The summed E-state index contributed by atoms with van der Waals surface area (Å²) in [5, 5.41) is 6.45. The highest BCUT2D eigenvalue weighted by Gasteiger charge is 2.26. The molecule has 0 bridgehead atoms. The topological polar surface area (TPSA) is 50.4 Å². The Bertz CT molecular complexity index is 474. The van der Waals surface area contributed by atoms with Crippen LogP contribution in [-0.4, -0.2) is 31.2 Å². The summed E-state index contributed by atoms with van der Waals surface area (Å²) < 4.78 is 5.47. The molecule has 116 valence electrons. The van der Waals surface area contributed by atoms with Gasteiger partial charge >= 0.3 is 0 Å². The molecule has 1 aromatic carbocycles. The van der Waals surface area contributed by atoms with Gasteiger partial charge in [-0.15, -0.1) is 0 Å². The van der Waals surface area contributed by atoms with Crippen molar-refractivity contribution >= 4 is 5.91 Å². The molecule has 1 aliphatic heterocycles. The molecular formula is C17H26N2O2. The second kappa shape index (κ2) is 7.57. The zero-order valence-corrected chi connectivity index (χ0v) is 13.2. The normalized spacial score (nSPS) is 19.1. The molecule has 1 aromatic rings. The van der Waals surface area contributed by atoms with Crippen LogP contribution < -0.4 is 10.6 Å². The molecule has 1 amide bonds. The molecule has 0 aromatic heterocycles. The maximum Gasteiger partial charge on any atom is 0.237 e. The van der Waals surface area contributed by atoms with Gasteiger partial charge in [0.15, 0.2) is 0 Å². The molecule has 0 saturated heterocycles. The quantitative estimate of drug-likeness (QED) is 0.841. The second-order valence-electron chi connectivity index (χ2n) is 5.92. The summed E-state index contributed by atoms with van der Waals surface area (Å²) in [6.07, 6.45) is 0.751. The van der Waals surface area contributed by atoms with Crippen LogP contribution in [0, 0.1) is 5.92 Å². The second-order valence-corrected chi connectivity index (χ2v) is 5.92. The van der Waals surface area contributed by atoms with E-state index in [1.807, 2.05) is 19.1 Å². The van der Waals surface area contributed by atoms with Gasteiger partial charge < -0.3 is 15.4 Å². The minimum absolute atomic E-state index is 0.0661. The first-order valence-corrected chi connectivity index (χ1v) is 7.80. The number of carbonyl (C=O) groups excluding carboxylic acids is 1. The highest BCUT2D eigenvalue weighted by Crippen LogP contribution is 2.16. The van der Waals surface area contributed by atoms with E-state index in [0.29, 0.717) is 19.1 Å². The largest absolute Gasteiger partial charge is 0.380 e. The maximum atomic E-state index is 12.5. The minimum atomic E-state index is -0.150. The Kier molecular flexibility index (Phi) is 5.76. The van der Waals surface area contributed by atoms with E-state index >= 15 is 0 Å². The Morgan fingerprint density at radius 3 is 2.76 bits per heavy atom. The molecule has 1 aliphatic rings. The van der Waals surface area contributed by atoms with Gasteiger partial charge in [-0.05, 0) is 30.4 Å². The number of fused-ring (bicyclic) bond motifs is 1. The Hall–Kier alpha value is -1.39. The van der Waals surface area contributed by atoms with Crippen LogP contribution in [0.3, 0.4) is 0 Å². The highest BCUT2D eigenvalue weighted by atomic mass is 16.5. The first-order valence-electron chi connectivity index (χ1n) is 7.80. The molecule has 1 heterocycles. The average Bonchev–Trinajstić information content (AvgIpc) is 2.50. The van der Waals surface area contributed by atoms with Gasteiger partial charge in [-0.3, -0.25) is 4.79 Å². The fraction of sp³-hybridized carbons (Fsp3) is 0.588. The Morgan fingerprint density at radius 1 is 1.38 bits per heavy atom. The van der Waals surface area contributed by atoms with Crippen LogP contribution in [0.25, 0.3) is 0 Å². The molecule has 2 N–H and O–H groups in total. The third kappa shape index (κ3) is 4.29. The summed E-state index contributed by atoms with van der Waals surface area (Å²) in [4.78, 5) is 12.5. The molecule has 4 nitrogen and oxygen atoms in total. The third-order valence-corrected chi connectivity index (χ3v) is 4.03. The smallest absolute Gasteiger partial charge is 0.237 e. The molecule has 0 radical (unpaired) electrons. The number of carbonyl (C=O) groups is 1. The SMILES string of the molecule is CCOCC(NC(=O)C1Cc2ccccc2CN1)C(C)C. The van der Waals surface area contributed by atoms with Crippen LogP contribution in [0.15, 0.2) is 24.3 Å². The molecule has 2 unspecified atom stereocenters. The fourth-order valence-electron chi connectivity index (χ4n) is 2.57. The third-order valence-electron chi connectivity index (χ3n) is 4.03. The van der Waals surface area contributed by atoms with E-state index in [-0.39, 0.29) is 18.0 Å². The molecule has 21 heavy (non-hydrogen) atoms. The lowest BCUT2D eigenvalue weighted by molar-refractivity contribution is -0.124. The van der Waals surface area contributed by atoms with Crippen LogP contribution >= 0.6 is 0 Å². The molecule has 4 heteroatoms. The molecule has 2 rings (SSSR count). The van der Waals surface area contributed by atoms with Crippen LogP contribution in [-0.2, 0) is 22.5 Å². The van der Waals surface area contributed by atoms with Crippen molar-refractivity contribution in [3.8, 4) is 0 Å². The predicted octanol–water partition coefficient (Wildman–Crippen LogP) is 1.88. The summed E-state index contributed by atoms with van der Waals surface area (Å²) in [6.45, 7) is 8.18. The monoisotopic (exact) mass is 290 g/mol. The van der Waals surface area contributed by atoms with E-state index in [1.54, 1.807) is 0 Å². The highest BCUT2D eigenvalue weighted by molar-refractivity contribution is 5.82. The summed E-state index contributed by atoms with van der Waals surface area (Å²) in [7, 11) is 0. The Balaban J connectivity index is 1.94. The van der Waals surface area contributed by atoms with Crippen molar-refractivity contribution < 1.29 is 9.53 Å². The molecule has 0 aliphatic carbocycles. The first-order chi connectivity index (χ1) is 10.1. The zero-order chi connectivity index (χ0) is 15.2. The minimum Gasteiger partial charge on any atom is -0.380 e. The number of rotatable bonds is 6. The number of hydrogen-bond acceptors (Lipinski definition) is 3. The van der Waals surface area contributed by atoms with Crippen molar-refractivity contribution in [2.24, 2.45) is 5.92 Å². The summed E-state index contributed by atoms with van der Waals surface area (Å²) in [6, 6.07) is 8.21. The van der Waals surface area contributed by atoms with E-state index in [9.17, 15) is 4.79 Å². The van der Waals surface area contributed by atoms with E-state index < -0.39 is 0 Å². The van der Waals surface area contributed by atoms with Crippen molar-refractivity contribution in [1.29, 1.82) is 0 Å². The Labute approximate surface area is 127 Å². The lowest BCUT2D eigenvalue weighted by Crippen LogP contribution is -2.52. The molecule has 2 atom stereocenters. The molecular weight excluding hydrogens is 264 g/mol. The van der Waals surface area contributed by atoms with Crippen molar-refractivity contribution in [3.05, 3.63) is 35.4 Å². The van der Waals surface area contributed by atoms with Gasteiger partial charge in [-0.1, -0.05) is 38.1 Å². The van der Waals surface area contributed by atoms with E-state index in [4.69, 9.17) is 4.74 Å². The number of ether oxygens (including phenoxy) is 1. The number of hydrogen-bond donors (Lipinski definition) is 2. The van der Waals surface area contributed by atoms with Crippen LogP contribution in [0.2, 0.25) is 0 Å². The van der Waals surface area contributed by atoms with Crippen molar-refractivity contribution in [2.75, 3.05) is 13.2 Å². The summed E-state index contributed by atoms with van der Waals surface area (Å²) in [5.74, 6) is 0.430. The van der Waals surface area contributed by atoms with Crippen molar-refractivity contribution in [1.82, 2.24) is 10.6 Å². The lowest BCUT2D eigenvalue weighted by atomic mass is 9.95. The van der Waals surface area contributed by atoms with Gasteiger partial charge in [0.05, 0.1) is 18.7 Å². The van der Waals surface area contributed by atoms with E-state index in [0.717, 1.165) is 13.0 Å². The molecule has 0 saturated carbocycles. The fourth-order valence-corrected chi connectivity index (χ4v) is 2.57. The molecule has 0 spiro atoms. The van der Waals surface area contributed by atoms with Crippen molar-refractivity contribution in [2.45, 2.75) is 45.8 Å². The van der Waals surface area contributed by atoms with Crippen LogP contribution in [0.4, 0.5) is 0 Å². The van der Waals surface area contributed by atoms with Gasteiger partial charge in [0, 0.05) is 13.2 Å². The van der Waals surface area contributed by atoms with Gasteiger partial charge in [-0.25, -0.2) is 0 Å². The summed E-state index contributed by atoms with van der Waals surface area (Å²) >= 11 is 0. The van der Waals surface area contributed by atoms with Crippen molar-refractivity contribution in [3.63, 3.8) is 0 Å². The van der Waals surface area contributed by atoms with E-state index in [2.05, 4.69) is 36.6 Å². The lowest BCUT2D eigenvalue weighted by Gasteiger charge is -2.29. The van der Waals surface area contributed by atoms with Gasteiger partial charge in [0.2, 0.25) is 5.91 Å². The molecule has 0 fully saturated rings. The van der Waals surface area contributed by atoms with Gasteiger partial charge in [-0.2, -0.15) is 0 Å². The average molecular weight is 290 g/mol. The number of benzene rings is 1. The van der Waals surface area contributed by atoms with Crippen LogP contribution in [0.5, 0.6) is 0 Å². The van der Waals surface area contributed by atoms with Gasteiger partial charge in [0.1, 0.15) is 0 Å². The number of amides is 1.